The molecule has 1 fully saturated rings. The molecule has 40 heavy (non-hydrogen) atoms. The normalized spacial score (nSPS) is 17.8. The number of rotatable bonds is 9. The Hall–Kier alpha value is -3.65. The van der Waals surface area contributed by atoms with Gasteiger partial charge in [0.05, 0.1) is 5.92 Å². The lowest BCUT2D eigenvalue weighted by Crippen LogP contribution is -2.18. The minimum Gasteiger partial charge on any atom is -0.457 e. The minimum absolute atomic E-state index is 0.199. The van der Waals surface area contributed by atoms with E-state index in [-0.39, 0.29) is 11.7 Å². The highest BCUT2D eigenvalue weighted by molar-refractivity contribution is 5.91. The standard InChI is InChI=1S/C38H42O2/c1-5-29-14-18-32(19-15-29)38(37(39)25-36-27(3)8-6-9-28(36)4)33-10-7-11-35(24-33)40-34-22-20-31(21-23-34)30-16-12-26(2)13-17-30/h6-11,14-15,18-24,26,30,38H,5,12-13,16-17,25H2,1-4H3. The Morgan fingerprint density at radius 3 is 2.08 bits per heavy atom. The number of carbonyl (C=O) groups is 1. The maximum Gasteiger partial charge on any atom is 0.149 e. The van der Waals surface area contributed by atoms with E-state index in [0.29, 0.717) is 12.3 Å². The van der Waals surface area contributed by atoms with Crippen molar-refractivity contribution < 1.29 is 9.53 Å². The van der Waals surface area contributed by atoms with Crippen LogP contribution in [0.4, 0.5) is 0 Å². The first-order valence-corrected chi connectivity index (χ1v) is 15.0. The highest BCUT2D eigenvalue weighted by Gasteiger charge is 2.25. The highest BCUT2D eigenvalue weighted by Crippen LogP contribution is 2.37. The molecule has 4 aromatic rings. The van der Waals surface area contributed by atoms with E-state index in [0.717, 1.165) is 51.7 Å². The second kappa shape index (κ2) is 12.7. The molecule has 1 saturated carbocycles. The van der Waals surface area contributed by atoms with Crippen molar-refractivity contribution in [3.05, 3.63) is 130 Å². The van der Waals surface area contributed by atoms with Crippen molar-refractivity contribution in [3.8, 4) is 11.5 Å². The second-order valence-electron chi connectivity index (χ2n) is 11.7. The average Bonchev–Trinajstić information content (AvgIpc) is 2.97. The Kier molecular flexibility index (Phi) is 8.85. The Balaban J connectivity index is 1.40. The van der Waals surface area contributed by atoms with E-state index < -0.39 is 0 Å². The first-order chi connectivity index (χ1) is 19.4. The van der Waals surface area contributed by atoms with Gasteiger partial charge in [-0.1, -0.05) is 93.4 Å². The molecule has 1 aliphatic carbocycles. The predicted molar refractivity (Wildman–Crippen MR) is 166 cm³/mol. The molecule has 5 rings (SSSR count). The molecule has 1 aliphatic rings. The Bertz CT molecular complexity index is 1400. The number of benzene rings is 4. The topological polar surface area (TPSA) is 26.3 Å². The Morgan fingerprint density at radius 2 is 1.43 bits per heavy atom. The molecular weight excluding hydrogens is 488 g/mol. The molecule has 0 amide bonds. The number of ether oxygens (including phenoxy) is 1. The summed E-state index contributed by atoms with van der Waals surface area (Å²) in [5.74, 6) is 2.94. The van der Waals surface area contributed by atoms with Gasteiger partial charge in [0.15, 0.2) is 0 Å². The van der Waals surface area contributed by atoms with E-state index in [2.05, 4.69) is 100 Å². The second-order valence-corrected chi connectivity index (χ2v) is 11.7. The van der Waals surface area contributed by atoms with Crippen molar-refractivity contribution >= 4 is 5.78 Å². The molecule has 1 atom stereocenters. The minimum atomic E-state index is -0.357. The Labute approximate surface area is 240 Å². The fourth-order valence-electron chi connectivity index (χ4n) is 6.21. The molecule has 0 aliphatic heterocycles. The van der Waals surface area contributed by atoms with Crippen LogP contribution in [0.25, 0.3) is 0 Å². The molecule has 4 aromatic carbocycles. The summed E-state index contributed by atoms with van der Waals surface area (Å²) in [4.78, 5) is 14.0. The van der Waals surface area contributed by atoms with E-state index in [9.17, 15) is 4.79 Å². The molecule has 206 valence electrons. The molecule has 0 aromatic heterocycles. The summed E-state index contributed by atoms with van der Waals surface area (Å²) in [7, 11) is 0. The zero-order chi connectivity index (χ0) is 28.1. The van der Waals surface area contributed by atoms with E-state index in [4.69, 9.17) is 4.74 Å². The highest BCUT2D eigenvalue weighted by atomic mass is 16.5. The lowest BCUT2D eigenvalue weighted by atomic mass is 9.79. The van der Waals surface area contributed by atoms with Crippen molar-refractivity contribution in [1.82, 2.24) is 0 Å². The number of Topliss-reactive ketones (excluding diaryl/α,β-unsaturated/α-hetero) is 1. The lowest BCUT2D eigenvalue weighted by Gasteiger charge is -2.26. The van der Waals surface area contributed by atoms with Gasteiger partial charge in [0.1, 0.15) is 17.3 Å². The maximum atomic E-state index is 14.0. The van der Waals surface area contributed by atoms with Gasteiger partial charge in [0, 0.05) is 6.42 Å². The summed E-state index contributed by atoms with van der Waals surface area (Å²) >= 11 is 0. The molecule has 0 heterocycles. The van der Waals surface area contributed by atoms with E-state index >= 15 is 0 Å². The van der Waals surface area contributed by atoms with E-state index in [1.165, 1.54) is 36.8 Å². The molecular formula is C38H42O2. The third-order valence-electron chi connectivity index (χ3n) is 8.83. The largest absolute Gasteiger partial charge is 0.457 e. The van der Waals surface area contributed by atoms with Crippen molar-refractivity contribution in [2.75, 3.05) is 0 Å². The van der Waals surface area contributed by atoms with Crippen molar-refractivity contribution in [2.24, 2.45) is 5.92 Å². The van der Waals surface area contributed by atoms with Gasteiger partial charge >= 0.3 is 0 Å². The monoisotopic (exact) mass is 530 g/mol. The molecule has 0 bridgehead atoms. The van der Waals surface area contributed by atoms with Crippen LogP contribution in [0.2, 0.25) is 0 Å². The lowest BCUT2D eigenvalue weighted by molar-refractivity contribution is -0.119. The average molecular weight is 531 g/mol. The van der Waals surface area contributed by atoms with Gasteiger partial charge in [-0.05, 0) is 108 Å². The predicted octanol–water partition coefficient (Wildman–Crippen LogP) is 9.90. The van der Waals surface area contributed by atoms with Gasteiger partial charge in [0.25, 0.3) is 0 Å². The van der Waals surface area contributed by atoms with Crippen LogP contribution < -0.4 is 4.74 Å². The van der Waals surface area contributed by atoms with Gasteiger partial charge in [-0.3, -0.25) is 4.79 Å². The van der Waals surface area contributed by atoms with Gasteiger partial charge in [-0.2, -0.15) is 0 Å². The molecule has 2 heteroatoms. The van der Waals surface area contributed by atoms with Crippen LogP contribution in [0, 0.1) is 19.8 Å². The van der Waals surface area contributed by atoms with Gasteiger partial charge in [-0.25, -0.2) is 0 Å². The first-order valence-electron chi connectivity index (χ1n) is 15.0. The molecule has 0 saturated heterocycles. The fourth-order valence-corrected chi connectivity index (χ4v) is 6.21. The summed E-state index contributed by atoms with van der Waals surface area (Å²) in [5, 5.41) is 0. The molecule has 2 nitrogen and oxygen atoms in total. The molecule has 0 N–H and O–H groups in total. The summed E-state index contributed by atoms with van der Waals surface area (Å²) < 4.78 is 6.33. The number of hydrogen-bond donors (Lipinski definition) is 0. The number of ketones is 1. The van der Waals surface area contributed by atoms with Gasteiger partial charge in [0.2, 0.25) is 0 Å². The number of hydrogen-bond acceptors (Lipinski definition) is 2. The van der Waals surface area contributed by atoms with Gasteiger partial charge in [-0.15, -0.1) is 0 Å². The molecule has 0 spiro atoms. The summed E-state index contributed by atoms with van der Waals surface area (Å²) in [5.41, 5.74) is 8.13. The quantitative estimate of drug-likeness (QED) is 0.215. The maximum absolute atomic E-state index is 14.0. The van der Waals surface area contributed by atoms with Crippen LogP contribution in [0.15, 0.2) is 91.0 Å². The van der Waals surface area contributed by atoms with Crippen molar-refractivity contribution in [2.45, 2.75) is 78.1 Å². The van der Waals surface area contributed by atoms with Crippen LogP contribution in [-0.4, -0.2) is 5.78 Å². The van der Waals surface area contributed by atoms with Crippen LogP contribution >= 0.6 is 0 Å². The van der Waals surface area contributed by atoms with E-state index in [1.807, 2.05) is 18.2 Å². The van der Waals surface area contributed by atoms with Crippen LogP contribution in [0.3, 0.4) is 0 Å². The SMILES string of the molecule is CCc1ccc(C(C(=O)Cc2c(C)cccc2C)c2cccc(Oc3ccc(C4CCC(C)CC4)cc3)c2)cc1. The zero-order valence-electron chi connectivity index (χ0n) is 24.5. The van der Waals surface area contributed by atoms with Crippen LogP contribution in [0.1, 0.15) is 90.3 Å². The number of carbonyl (C=O) groups excluding carboxylic acids is 1. The van der Waals surface area contributed by atoms with Crippen LogP contribution in [0.5, 0.6) is 11.5 Å². The van der Waals surface area contributed by atoms with E-state index in [1.54, 1.807) is 0 Å². The Morgan fingerprint density at radius 1 is 0.775 bits per heavy atom. The number of aryl methyl sites for hydroxylation is 3. The summed E-state index contributed by atoms with van der Waals surface area (Å²) in [6.45, 7) is 8.70. The van der Waals surface area contributed by atoms with Crippen LogP contribution in [-0.2, 0) is 17.6 Å². The summed E-state index contributed by atoms with van der Waals surface area (Å²) in [6.07, 6.45) is 6.58. The smallest absolute Gasteiger partial charge is 0.149 e. The fraction of sp³-hybridized carbons (Fsp3) is 0.342. The van der Waals surface area contributed by atoms with Gasteiger partial charge < -0.3 is 4.74 Å². The zero-order valence-corrected chi connectivity index (χ0v) is 24.5. The third-order valence-corrected chi connectivity index (χ3v) is 8.83. The third kappa shape index (κ3) is 6.55. The first kappa shape index (κ1) is 27.9. The van der Waals surface area contributed by atoms with Crippen molar-refractivity contribution in [1.29, 1.82) is 0 Å². The summed E-state index contributed by atoms with van der Waals surface area (Å²) in [6, 6.07) is 31.5. The molecule has 0 radical (unpaired) electrons. The molecule has 1 unspecified atom stereocenters. The van der Waals surface area contributed by atoms with Crippen molar-refractivity contribution in [3.63, 3.8) is 0 Å².